The van der Waals surface area contributed by atoms with Crippen LogP contribution in [0.3, 0.4) is 0 Å². The standard InChI is InChI=1S/C17H21NO/c1-11-5-14(9-18)6-12(2)17(11)19-10-16-8-13-3-4-15(16)7-13/h5-6,13,15-16H,3-4,7-8,10H2,1-2H3. The van der Waals surface area contributed by atoms with Gasteiger partial charge >= 0.3 is 0 Å². The minimum absolute atomic E-state index is 0.724. The monoisotopic (exact) mass is 255 g/mol. The average Bonchev–Trinajstić information content (AvgIpc) is 2.99. The van der Waals surface area contributed by atoms with E-state index in [4.69, 9.17) is 10.00 Å². The Morgan fingerprint density at radius 1 is 1.21 bits per heavy atom. The van der Waals surface area contributed by atoms with Gasteiger partial charge in [-0.15, -0.1) is 0 Å². The maximum absolute atomic E-state index is 8.96. The van der Waals surface area contributed by atoms with Gasteiger partial charge in [-0.1, -0.05) is 6.42 Å². The first kappa shape index (κ1) is 12.5. The normalized spacial score (nSPS) is 28.4. The van der Waals surface area contributed by atoms with E-state index in [1.54, 1.807) is 0 Å². The fourth-order valence-electron chi connectivity index (χ4n) is 4.01. The van der Waals surface area contributed by atoms with Crippen LogP contribution < -0.4 is 4.74 Å². The zero-order valence-corrected chi connectivity index (χ0v) is 11.8. The molecule has 2 heteroatoms. The molecule has 0 amide bonds. The molecule has 2 bridgehead atoms. The van der Waals surface area contributed by atoms with Crippen molar-refractivity contribution in [2.75, 3.05) is 6.61 Å². The van der Waals surface area contributed by atoms with Gasteiger partial charge < -0.3 is 4.74 Å². The maximum atomic E-state index is 8.96. The summed E-state index contributed by atoms with van der Waals surface area (Å²) in [5, 5.41) is 8.96. The molecule has 3 unspecified atom stereocenters. The van der Waals surface area contributed by atoms with Gasteiger partial charge in [0.05, 0.1) is 18.2 Å². The number of aryl methyl sites for hydroxylation is 2. The van der Waals surface area contributed by atoms with Crippen LogP contribution in [0.2, 0.25) is 0 Å². The fraction of sp³-hybridized carbons (Fsp3) is 0.588. The second-order valence-electron chi connectivity index (χ2n) is 6.30. The Balaban J connectivity index is 1.69. The summed E-state index contributed by atoms with van der Waals surface area (Å²) in [7, 11) is 0. The van der Waals surface area contributed by atoms with Crippen molar-refractivity contribution < 1.29 is 4.74 Å². The van der Waals surface area contributed by atoms with Gasteiger partial charge in [0.2, 0.25) is 0 Å². The molecule has 1 aromatic rings. The number of nitrogens with zero attached hydrogens (tertiary/aromatic N) is 1. The molecule has 0 heterocycles. The number of nitriles is 1. The summed E-state index contributed by atoms with van der Waals surface area (Å²) in [5.41, 5.74) is 2.89. The lowest BCUT2D eigenvalue weighted by Crippen LogP contribution is -2.19. The molecular weight excluding hydrogens is 234 g/mol. The van der Waals surface area contributed by atoms with Gasteiger partial charge in [-0.3, -0.25) is 0 Å². The van der Waals surface area contributed by atoms with Crippen LogP contribution in [0.4, 0.5) is 0 Å². The van der Waals surface area contributed by atoms with E-state index in [0.29, 0.717) is 0 Å². The molecule has 100 valence electrons. The Kier molecular flexibility index (Phi) is 3.22. The zero-order chi connectivity index (χ0) is 13.4. The Morgan fingerprint density at radius 2 is 1.95 bits per heavy atom. The third kappa shape index (κ3) is 2.34. The summed E-state index contributed by atoms with van der Waals surface area (Å²) in [6, 6.07) is 6.04. The number of hydrogen-bond donors (Lipinski definition) is 0. The minimum atomic E-state index is 0.724. The van der Waals surface area contributed by atoms with E-state index >= 15 is 0 Å². The molecule has 3 rings (SSSR count). The molecule has 0 aromatic heterocycles. The van der Waals surface area contributed by atoms with Crippen molar-refractivity contribution in [3.05, 3.63) is 28.8 Å². The van der Waals surface area contributed by atoms with Crippen molar-refractivity contribution in [3.63, 3.8) is 0 Å². The summed E-state index contributed by atoms with van der Waals surface area (Å²) >= 11 is 0. The predicted molar refractivity (Wildman–Crippen MR) is 75.1 cm³/mol. The molecule has 2 nitrogen and oxygen atoms in total. The third-order valence-corrected chi connectivity index (χ3v) is 4.92. The van der Waals surface area contributed by atoms with Crippen LogP contribution >= 0.6 is 0 Å². The molecule has 1 aromatic carbocycles. The Labute approximate surface area is 115 Å². The highest BCUT2D eigenvalue weighted by molar-refractivity contribution is 5.47. The van der Waals surface area contributed by atoms with Gasteiger partial charge in [-0.05, 0) is 74.1 Å². The summed E-state index contributed by atoms with van der Waals surface area (Å²) in [4.78, 5) is 0. The maximum Gasteiger partial charge on any atom is 0.125 e. The van der Waals surface area contributed by atoms with Gasteiger partial charge in [-0.2, -0.15) is 5.26 Å². The summed E-state index contributed by atoms with van der Waals surface area (Å²) in [5.74, 6) is 3.63. The highest BCUT2D eigenvalue weighted by atomic mass is 16.5. The van der Waals surface area contributed by atoms with Crippen molar-refractivity contribution in [2.45, 2.75) is 39.5 Å². The molecule has 0 radical (unpaired) electrons. The molecule has 2 saturated carbocycles. The fourth-order valence-corrected chi connectivity index (χ4v) is 4.01. The molecule has 0 spiro atoms. The highest BCUT2D eigenvalue weighted by Gasteiger charge is 2.39. The largest absolute Gasteiger partial charge is 0.493 e. The van der Waals surface area contributed by atoms with Gasteiger partial charge in [0, 0.05) is 0 Å². The van der Waals surface area contributed by atoms with E-state index in [1.807, 2.05) is 26.0 Å². The number of hydrogen-bond acceptors (Lipinski definition) is 2. The van der Waals surface area contributed by atoms with Crippen molar-refractivity contribution >= 4 is 0 Å². The van der Waals surface area contributed by atoms with Gasteiger partial charge in [-0.25, -0.2) is 0 Å². The SMILES string of the molecule is Cc1cc(C#N)cc(C)c1OCC1CC2CCC1C2. The Bertz CT molecular complexity index is 506. The van der Waals surface area contributed by atoms with Crippen LogP contribution in [0.15, 0.2) is 12.1 Å². The van der Waals surface area contributed by atoms with Crippen LogP contribution in [0.1, 0.15) is 42.4 Å². The number of fused-ring (bicyclic) bond motifs is 2. The van der Waals surface area contributed by atoms with Gasteiger partial charge in [0.1, 0.15) is 5.75 Å². The molecule has 0 saturated heterocycles. The van der Waals surface area contributed by atoms with Crippen LogP contribution in [0, 0.1) is 42.9 Å². The lowest BCUT2D eigenvalue weighted by molar-refractivity contribution is 0.193. The van der Waals surface area contributed by atoms with E-state index in [1.165, 1.54) is 25.7 Å². The average molecular weight is 255 g/mol. The molecule has 2 aliphatic carbocycles. The molecule has 3 atom stereocenters. The van der Waals surface area contributed by atoms with E-state index < -0.39 is 0 Å². The van der Waals surface area contributed by atoms with E-state index in [9.17, 15) is 0 Å². The molecule has 0 aliphatic heterocycles. The van der Waals surface area contributed by atoms with E-state index in [2.05, 4.69) is 6.07 Å². The molecule has 2 aliphatic rings. The van der Waals surface area contributed by atoms with Crippen molar-refractivity contribution in [3.8, 4) is 11.8 Å². The third-order valence-electron chi connectivity index (χ3n) is 4.92. The van der Waals surface area contributed by atoms with Gasteiger partial charge in [0.15, 0.2) is 0 Å². The van der Waals surface area contributed by atoms with Crippen LogP contribution in [0.5, 0.6) is 5.75 Å². The first-order valence-corrected chi connectivity index (χ1v) is 7.31. The number of rotatable bonds is 3. The first-order chi connectivity index (χ1) is 9.17. The highest BCUT2D eigenvalue weighted by Crippen LogP contribution is 2.48. The smallest absolute Gasteiger partial charge is 0.125 e. The quantitative estimate of drug-likeness (QED) is 0.818. The lowest BCUT2D eigenvalue weighted by Gasteiger charge is -2.23. The van der Waals surface area contributed by atoms with Crippen LogP contribution in [0.25, 0.3) is 0 Å². The van der Waals surface area contributed by atoms with Crippen LogP contribution in [-0.4, -0.2) is 6.61 Å². The second kappa shape index (κ2) is 4.89. The zero-order valence-electron chi connectivity index (χ0n) is 11.8. The topological polar surface area (TPSA) is 33.0 Å². The van der Waals surface area contributed by atoms with E-state index in [0.717, 1.165) is 46.8 Å². The summed E-state index contributed by atoms with van der Waals surface area (Å²) < 4.78 is 6.09. The van der Waals surface area contributed by atoms with Crippen molar-refractivity contribution in [2.24, 2.45) is 17.8 Å². The Morgan fingerprint density at radius 3 is 2.47 bits per heavy atom. The molecule has 19 heavy (non-hydrogen) atoms. The van der Waals surface area contributed by atoms with Crippen molar-refractivity contribution in [1.29, 1.82) is 5.26 Å². The molecular formula is C17H21NO. The predicted octanol–water partition coefficient (Wildman–Crippen LogP) is 3.99. The van der Waals surface area contributed by atoms with E-state index in [-0.39, 0.29) is 0 Å². The number of ether oxygens (including phenoxy) is 1. The van der Waals surface area contributed by atoms with Gasteiger partial charge in [0.25, 0.3) is 0 Å². The summed E-state index contributed by atoms with van der Waals surface area (Å²) in [6.45, 7) is 4.92. The number of benzene rings is 1. The first-order valence-electron chi connectivity index (χ1n) is 7.31. The lowest BCUT2D eigenvalue weighted by atomic mass is 9.89. The molecule has 0 N–H and O–H groups in total. The second-order valence-corrected chi connectivity index (χ2v) is 6.30. The van der Waals surface area contributed by atoms with Crippen molar-refractivity contribution in [1.82, 2.24) is 0 Å². The minimum Gasteiger partial charge on any atom is -0.493 e. The van der Waals surface area contributed by atoms with Crippen LogP contribution in [-0.2, 0) is 0 Å². The molecule has 2 fully saturated rings. The summed E-state index contributed by atoms with van der Waals surface area (Å²) in [6.07, 6.45) is 5.64. The Hall–Kier alpha value is -1.49.